The number of nitrogens with zero attached hydrogens (tertiary/aromatic N) is 9. The Morgan fingerprint density at radius 2 is 1.09 bits per heavy atom. The van der Waals surface area contributed by atoms with Gasteiger partial charge in [-0.1, -0.05) is 19.9 Å². The summed E-state index contributed by atoms with van der Waals surface area (Å²) in [7, 11) is 9.11. The summed E-state index contributed by atoms with van der Waals surface area (Å²) >= 11 is 0. The number of ether oxygens (including phenoxy) is 5. The van der Waals surface area contributed by atoms with Gasteiger partial charge in [0.05, 0.1) is 83.8 Å². The Kier molecular flexibility index (Phi) is 33.2. The molecular formula is C72H114N12O16. The maximum Gasteiger partial charge on any atom is 0.330 e. The van der Waals surface area contributed by atoms with Gasteiger partial charge in [-0.2, -0.15) is 5.10 Å². The second kappa shape index (κ2) is 41.3. The third kappa shape index (κ3) is 24.4. The monoisotopic (exact) mass is 1400 g/mol. The van der Waals surface area contributed by atoms with Crippen LogP contribution >= 0.6 is 0 Å². The quantitative estimate of drug-likeness (QED) is 0.0398. The van der Waals surface area contributed by atoms with Gasteiger partial charge in [-0.15, -0.1) is 0 Å². The molecule has 7 N–H and O–H groups in total. The van der Waals surface area contributed by atoms with Crippen LogP contribution < -0.4 is 25.4 Å². The number of benzene rings is 2. The number of carbonyl (C=O) groups is 7. The number of hydrogen-bond acceptors (Lipinski definition) is 20. The molecule has 1 aliphatic heterocycles. The van der Waals surface area contributed by atoms with Crippen molar-refractivity contribution < 1.29 is 77.7 Å². The molecule has 2 aromatic carbocycles. The summed E-state index contributed by atoms with van der Waals surface area (Å²) in [5, 5.41) is 53.3. The number of aliphatic hydroxyl groups is 1. The summed E-state index contributed by atoms with van der Waals surface area (Å²) in [6, 6.07) is 12.7. The molecule has 5 fully saturated rings. The van der Waals surface area contributed by atoms with Crippen molar-refractivity contribution in [2.45, 2.75) is 95.9 Å². The van der Waals surface area contributed by atoms with Gasteiger partial charge >= 0.3 is 17.9 Å². The summed E-state index contributed by atoms with van der Waals surface area (Å²) in [6.07, 6.45) is 8.55. The molecule has 28 heteroatoms. The fraction of sp³-hybridized carbons (Fsp3) is 0.694. The number of aromatic nitrogens is 2. The Morgan fingerprint density at radius 1 is 0.600 bits per heavy atom. The van der Waals surface area contributed by atoms with Crippen LogP contribution in [0.3, 0.4) is 0 Å². The van der Waals surface area contributed by atoms with Crippen molar-refractivity contribution in [2.75, 3.05) is 206 Å². The fourth-order valence-electron chi connectivity index (χ4n) is 14.8. The van der Waals surface area contributed by atoms with E-state index >= 15 is 0 Å². The molecule has 4 aliphatic carbocycles. The first-order valence-electron chi connectivity index (χ1n) is 36.0. The van der Waals surface area contributed by atoms with Crippen LogP contribution in [0.15, 0.2) is 42.5 Å². The number of nitrogens with one attached hydrogen (secondary N) is 3. The third-order valence-corrected chi connectivity index (χ3v) is 20.0. The molecule has 4 amide bonds. The molecule has 0 spiro atoms. The number of carboxylic acids is 3. The van der Waals surface area contributed by atoms with Crippen molar-refractivity contribution in [1.82, 2.24) is 60.0 Å². The van der Waals surface area contributed by atoms with E-state index in [1.807, 2.05) is 61.0 Å². The second-order valence-electron chi connectivity index (χ2n) is 27.8. The number of β-amino-alcohol motifs (C(OH)–C–C–N with tert-alkyl or cyclic N) is 1. The average molecular weight is 1400 g/mol. The molecule has 3 aromatic rings. The molecular weight excluding hydrogens is 1290 g/mol. The Labute approximate surface area is 590 Å². The first kappa shape index (κ1) is 80.5. The second-order valence-corrected chi connectivity index (χ2v) is 27.8. The highest BCUT2D eigenvalue weighted by Crippen LogP contribution is 2.58. The number of aliphatic carboxylic acids is 3. The molecule has 2 heterocycles. The lowest BCUT2D eigenvalue weighted by Gasteiger charge is -2.59. The number of carbonyl (C=O) groups excluding carboxylic acids is 4. The first-order valence-corrected chi connectivity index (χ1v) is 36.0. The first-order chi connectivity index (χ1) is 48.1. The van der Waals surface area contributed by atoms with Crippen LogP contribution in [-0.4, -0.2) is 318 Å². The average Bonchev–Trinajstić information content (AvgIpc) is 0.782. The van der Waals surface area contributed by atoms with E-state index < -0.39 is 29.4 Å². The van der Waals surface area contributed by atoms with Gasteiger partial charge in [0.2, 0.25) is 11.8 Å². The lowest BCUT2D eigenvalue weighted by Crippen LogP contribution is -2.70. The molecule has 4 bridgehead atoms. The molecule has 0 unspecified atom stereocenters. The molecule has 558 valence electrons. The highest BCUT2D eigenvalue weighted by molar-refractivity contribution is 5.98. The number of aliphatic hydroxyl groups excluding tert-OH is 1. The van der Waals surface area contributed by atoms with Gasteiger partial charge < -0.3 is 74.8 Å². The van der Waals surface area contributed by atoms with Gasteiger partial charge in [-0.3, -0.25) is 48.4 Å². The summed E-state index contributed by atoms with van der Waals surface area (Å²) in [5.41, 5.74) is 1.79. The predicted octanol–water partition coefficient (Wildman–Crippen LogP) is 3.63. The van der Waals surface area contributed by atoms with E-state index in [0.29, 0.717) is 183 Å². The van der Waals surface area contributed by atoms with E-state index in [2.05, 4.69) is 39.8 Å². The van der Waals surface area contributed by atoms with Crippen molar-refractivity contribution in [1.29, 1.82) is 0 Å². The zero-order valence-electron chi connectivity index (χ0n) is 60.3. The van der Waals surface area contributed by atoms with Gasteiger partial charge in [0, 0.05) is 111 Å². The van der Waals surface area contributed by atoms with E-state index in [-0.39, 0.29) is 67.4 Å². The van der Waals surface area contributed by atoms with Gasteiger partial charge in [0.25, 0.3) is 11.8 Å². The number of amides is 4. The summed E-state index contributed by atoms with van der Waals surface area (Å²) < 4.78 is 30.4. The number of rotatable bonds is 43. The topological polar surface area (TPSA) is 323 Å². The minimum absolute atomic E-state index is 0.0196. The summed E-state index contributed by atoms with van der Waals surface area (Å²) in [6.45, 7) is 15.4. The predicted molar refractivity (Wildman–Crippen MR) is 377 cm³/mol. The van der Waals surface area contributed by atoms with Crippen molar-refractivity contribution in [3.63, 3.8) is 0 Å². The van der Waals surface area contributed by atoms with E-state index in [4.69, 9.17) is 28.8 Å². The number of hydrogen-bond donors (Lipinski definition) is 7. The number of carboxylic acid groups (broad SMARTS) is 3. The van der Waals surface area contributed by atoms with Gasteiger partial charge in [-0.05, 0) is 176 Å². The maximum atomic E-state index is 14.5. The lowest BCUT2D eigenvalue weighted by atomic mass is 9.48. The van der Waals surface area contributed by atoms with E-state index in [0.717, 1.165) is 83.1 Å². The molecule has 4 saturated carbocycles. The largest absolute Gasteiger partial charge is 0.496 e. The van der Waals surface area contributed by atoms with Gasteiger partial charge in [0.15, 0.2) is 5.69 Å². The third-order valence-electron chi connectivity index (χ3n) is 20.0. The maximum absolute atomic E-state index is 14.5. The molecule has 28 nitrogen and oxygen atoms in total. The molecule has 1 aromatic heterocycles. The van der Waals surface area contributed by atoms with Gasteiger partial charge in [-0.25, -0.2) is 9.48 Å². The van der Waals surface area contributed by atoms with Gasteiger partial charge in [0.1, 0.15) is 17.0 Å². The smallest absolute Gasteiger partial charge is 0.330 e. The minimum atomic E-state index is -1.36. The van der Waals surface area contributed by atoms with Crippen LogP contribution in [-0.2, 0) is 38.2 Å². The SMILES string of the molecule is COc1cccc(OC)c1-c1cc(C(=O)NC2(C(=O)O)C3CC4CC(C3)CC2C4)nn1-c1ccc(C(=O)N(C)CCCN(C)CCCN(C)CCCC(=O)NCCCOCCOCCOCCCNC(=O)CN2CCN(CCO)CCN(CC(=O)O)CCN(CC(=O)O)CC2)cc1C(C)C. The van der Waals surface area contributed by atoms with Crippen LogP contribution in [0.2, 0.25) is 0 Å². The van der Waals surface area contributed by atoms with Crippen molar-refractivity contribution in [3.05, 3.63) is 59.3 Å². The Balaban J connectivity index is 0.720. The Bertz CT molecular complexity index is 3050. The fourth-order valence-corrected chi connectivity index (χ4v) is 14.8. The van der Waals surface area contributed by atoms with Crippen LogP contribution in [0.4, 0.5) is 0 Å². The molecule has 100 heavy (non-hydrogen) atoms. The van der Waals surface area contributed by atoms with Crippen LogP contribution in [0.5, 0.6) is 11.5 Å². The molecule has 8 rings (SSSR count). The Morgan fingerprint density at radius 3 is 1.59 bits per heavy atom. The number of methoxy groups -OCH3 is 2. The van der Waals surface area contributed by atoms with E-state index in [1.54, 1.807) is 45.7 Å². The molecule has 0 atom stereocenters. The van der Waals surface area contributed by atoms with Crippen molar-refractivity contribution >= 4 is 41.5 Å². The summed E-state index contributed by atoms with van der Waals surface area (Å²) in [5.74, 6) is -2.07. The van der Waals surface area contributed by atoms with E-state index in [9.17, 15) is 54.0 Å². The summed E-state index contributed by atoms with van der Waals surface area (Å²) in [4.78, 5) is 104. The minimum Gasteiger partial charge on any atom is -0.496 e. The normalized spacial score (nSPS) is 20.1. The van der Waals surface area contributed by atoms with Crippen LogP contribution in [0, 0.1) is 23.7 Å². The zero-order chi connectivity index (χ0) is 72.1. The highest BCUT2D eigenvalue weighted by Gasteiger charge is 2.62. The zero-order valence-corrected chi connectivity index (χ0v) is 60.3. The van der Waals surface area contributed by atoms with Crippen molar-refractivity contribution in [2.24, 2.45) is 23.7 Å². The standard InChI is InChI=1S/C72H114N12O16/c1-52(2)58-47-55(17-18-60(58)84-61(68-62(96-6)14-8-15-63(68)97-7)48-59(76-84)69(92)75-72(71(94)95)56-43-53-42-54(45-56)46-57(72)44-53)70(93)79(5)25-13-24-78(4)23-12-22-77(3)21-9-16-64(86)73-19-10-36-98-38-40-100-41-39-99-37-11-20-74-65(87)49-81-28-26-80(34-35-85)27-29-82(50-66(88)89)32-33-83(31-30-81)51-67(90)91/h8,14-15,17-18,47-48,52-54,56-57,85H,9-13,16,19-46,49-51H2,1-7H3,(H,73,86)(H,74,87)(H,75,92)(H,88,89)(H,90,91)(H,94,95). The van der Waals surface area contributed by atoms with E-state index in [1.165, 1.54) is 0 Å². The lowest BCUT2D eigenvalue weighted by molar-refractivity contribution is -0.163. The Hall–Kier alpha value is -6.86. The molecule has 0 radical (unpaired) electrons. The molecule has 1 saturated heterocycles. The molecule has 5 aliphatic rings. The van der Waals surface area contributed by atoms with Crippen LogP contribution in [0.25, 0.3) is 16.9 Å². The van der Waals surface area contributed by atoms with Crippen molar-refractivity contribution in [3.8, 4) is 28.4 Å². The highest BCUT2D eigenvalue weighted by atomic mass is 16.5. The van der Waals surface area contributed by atoms with Crippen LogP contribution in [0.1, 0.15) is 117 Å².